The largest absolute Gasteiger partial charge is 0.338 e. The molecular weight excluding hydrogens is 352 g/mol. The van der Waals surface area contributed by atoms with Crippen molar-refractivity contribution in [2.75, 3.05) is 13.1 Å². The van der Waals surface area contributed by atoms with Gasteiger partial charge < -0.3 is 15.2 Å². The number of hydrogen-bond acceptors (Lipinski definition) is 5. The van der Waals surface area contributed by atoms with Crippen LogP contribution in [0, 0.1) is 17.3 Å². The fourth-order valence-corrected chi connectivity index (χ4v) is 5.05. The minimum Gasteiger partial charge on any atom is -0.338 e. The molecule has 3 unspecified atom stereocenters. The van der Waals surface area contributed by atoms with E-state index >= 15 is 0 Å². The molecule has 2 aromatic rings. The third-order valence-electron chi connectivity index (χ3n) is 6.66. The quantitative estimate of drug-likeness (QED) is 0.878. The molecule has 2 N–H and O–H groups in total. The first kappa shape index (κ1) is 18.1. The van der Waals surface area contributed by atoms with E-state index in [0.29, 0.717) is 23.5 Å². The van der Waals surface area contributed by atoms with Gasteiger partial charge >= 0.3 is 0 Å². The number of fused-ring (bicyclic) bond motifs is 2. The normalized spacial score (nSPS) is 27.6. The number of amides is 1. The lowest BCUT2D eigenvalue weighted by atomic mass is 9.89. The number of aromatic nitrogens is 2. The molecule has 1 amide bonds. The summed E-state index contributed by atoms with van der Waals surface area (Å²) in [5.41, 5.74) is 9.40. The molecule has 1 aliphatic heterocycles. The zero-order chi connectivity index (χ0) is 19.6. The molecule has 6 nitrogen and oxygen atoms in total. The molecule has 0 bridgehead atoms. The van der Waals surface area contributed by atoms with Gasteiger partial charge in [0, 0.05) is 30.7 Å². The SMILES string of the molecule is CC(C)(C)Cc1noc2nc(C3CC3)cc(C(=O)N3CC4CCC(N)C4C3)c12. The predicted molar refractivity (Wildman–Crippen MR) is 107 cm³/mol. The average molecular weight is 383 g/mol. The lowest BCUT2D eigenvalue weighted by Crippen LogP contribution is -2.33. The van der Waals surface area contributed by atoms with Gasteiger partial charge in [0.15, 0.2) is 0 Å². The summed E-state index contributed by atoms with van der Waals surface area (Å²) in [4.78, 5) is 20.3. The van der Waals surface area contributed by atoms with Crippen LogP contribution in [-0.4, -0.2) is 40.1 Å². The number of carbonyl (C=O) groups is 1. The lowest BCUT2D eigenvalue weighted by molar-refractivity contribution is 0.0781. The van der Waals surface area contributed by atoms with Crippen LogP contribution in [0.3, 0.4) is 0 Å². The number of hydrogen-bond donors (Lipinski definition) is 1. The van der Waals surface area contributed by atoms with E-state index in [-0.39, 0.29) is 17.4 Å². The van der Waals surface area contributed by atoms with E-state index in [1.807, 2.05) is 11.0 Å². The van der Waals surface area contributed by atoms with Crippen molar-refractivity contribution < 1.29 is 9.32 Å². The molecule has 0 radical (unpaired) electrons. The van der Waals surface area contributed by atoms with Crippen LogP contribution in [0.2, 0.25) is 0 Å². The zero-order valence-electron chi connectivity index (χ0n) is 17.1. The van der Waals surface area contributed by atoms with Crippen LogP contribution < -0.4 is 5.73 Å². The molecule has 5 rings (SSSR count). The first-order valence-corrected chi connectivity index (χ1v) is 10.6. The first-order chi connectivity index (χ1) is 13.3. The summed E-state index contributed by atoms with van der Waals surface area (Å²) in [6, 6.07) is 2.24. The minimum atomic E-state index is 0.0523. The molecule has 6 heteroatoms. The number of nitrogens with two attached hydrogens (primary N) is 1. The predicted octanol–water partition coefficient (Wildman–Crippen LogP) is 3.50. The summed E-state index contributed by atoms with van der Waals surface area (Å²) >= 11 is 0. The Morgan fingerprint density at radius 2 is 2.04 bits per heavy atom. The second kappa shape index (κ2) is 6.28. The fraction of sp³-hybridized carbons (Fsp3) is 0.682. The highest BCUT2D eigenvalue weighted by Gasteiger charge is 2.43. The summed E-state index contributed by atoms with van der Waals surface area (Å²) in [5, 5.41) is 5.12. The molecule has 3 heterocycles. The van der Waals surface area contributed by atoms with Crippen molar-refractivity contribution >= 4 is 17.0 Å². The number of likely N-dealkylation sites (tertiary alicyclic amines) is 1. The molecule has 0 spiro atoms. The Morgan fingerprint density at radius 1 is 1.25 bits per heavy atom. The summed E-state index contributed by atoms with van der Waals surface area (Å²) < 4.78 is 5.61. The van der Waals surface area contributed by atoms with Crippen LogP contribution >= 0.6 is 0 Å². The number of nitrogens with zero attached hydrogens (tertiary/aromatic N) is 3. The maximum absolute atomic E-state index is 13.6. The molecule has 0 aromatic carbocycles. The summed E-state index contributed by atoms with van der Waals surface area (Å²) in [7, 11) is 0. The smallest absolute Gasteiger partial charge is 0.259 e. The van der Waals surface area contributed by atoms with Crippen LogP contribution in [-0.2, 0) is 6.42 Å². The number of carbonyl (C=O) groups excluding carboxylic acids is 1. The molecule has 3 aliphatic rings. The van der Waals surface area contributed by atoms with Crippen molar-refractivity contribution in [2.45, 2.75) is 64.8 Å². The average Bonchev–Trinajstić information content (AvgIpc) is 3.14. The Bertz CT molecular complexity index is 924. The van der Waals surface area contributed by atoms with Crippen molar-refractivity contribution in [1.82, 2.24) is 15.0 Å². The second-order valence-corrected chi connectivity index (χ2v) is 10.3. The molecule has 3 atom stereocenters. The van der Waals surface area contributed by atoms with E-state index < -0.39 is 0 Å². The third-order valence-corrected chi connectivity index (χ3v) is 6.66. The van der Waals surface area contributed by atoms with E-state index in [0.717, 1.165) is 67.5 Å². The lowest BCUT2D eigenvalue weighted by Gasteiger charge is -2.20. The number of rotatable bonds is 3. The van der Waals surface area contributed by atoms with Gasteiger partial charge in [-0.1, -0.05) is 25.9 Å². The third kappa shape index (κ3) is 3.11. The van der Waals surface area contributed by atoms with Crippen molar-refractivity contribution in [3.63, 3.8) is 0 Å². The highest BCUT2D eigenvalue weighted by molar-refractivity contribution is 6.06. The summed E-state index contributed by atoms with van der Waals surface area (Å²) in [6.07, 6.45) is 5.25. The van der Waals surface area contributed by atoms with Crippen molar-refractivity contribution in [2.24, 2.45) is 23.0 Å². The number of pyridine rings is 1. The summed E-state index contributed by atoms with van der Waals surface area (Å²) in [6.45, 7) is 8.10. The van der Waals surface area contributed by atoms with E-state index in [1.165, 1.54) is 0 Å². The Kier molecular flexibility index (Phi) is 4.06. The van der Waals surface area contributed by atoms with Gasteiger partial charge in [0.1, 0.15) is 0 Å². The standard InChI is InChI=1S/C22H30N4O2/c1-22(2,3)9-18-19-14(8-17(12-4-5-12)24-20(19)28-25-18)21(27)26-10-13-6-7-16(23)15(13)11-26/h8,12-13,15-16H,4-7,9-11,23H2,1-3H3. The monoisotopic (exact) mass is 382 g/mol. The van der Waals surface area contributed by atoms with Gasteiger partial charge in [0.05, 0.1) is 16.6 Å². The van der Waals surface area contributed by atoms with E-state index in [1.54, 1.807) is 0 Å². The molecule has 2 aliphatic carbocycles. The minimum absolute atomic E-state index is 0.0523. The van der Waals surface area contributed by atoms with Crippen molar-refractivity contribution in [1.29, 1.82) is 0 Å². The maximum atomic E-state index is 13.6. The van der Waals surface area contributed by atoms with Crippen LogP contribution in [0.25, 0.3) is 11.1 Å². The van der Waals surface area contributed by atoms with Crippen molar-refractivity contribution in [3.8, 4) is 0 Å². The molecule has 28 heavy (non-hydrogen) atoms. The zero-order valence-corrected chi connectivity index (χ0v) is 17.1. The first-order valence-electron chi connectivity index (χ1n) is 10.6. The van der Waals surface area contributed by atoms with E-state index in [2.05, 4.69) is 25.9 Å². The topological polar surface area (TPSA) is 85.2 Å². The van der Waals surface area contributed by atoms with Gasteiger partial charge in [-0.15, -0.1) is 0 Å². The molecule has 3 fully saturated rings. The van der Waals surface area contributed by atoms with Gasteiger partial charge in [-0.05, 0) is 55.4 Å². The van der Waals surface area contributed by atoms with Gasteiger partial charge in [0.25, 0.3) is 11.6 Å². The summed E-state index contributed by atoms with van der Waals surface area (Å²) in [5.74, 6) is 1.55. The van der Waals surface area contributed by atoms with Gasteiger partial charge in [-0.2, -0.15) is 0 Å². The van der Waals surface area contributed by atoms with Crippen LogP contribution in [0.5, 0.6) is 0 Å². The van der Waals surface area contributed by atoms with E-state index in [4.69, 9.17) is 15.2 Å². The van der Waals surface area contributed by atoms with Crippen LogP contribution in [0.1, 0.15) is 74.1 Å². The highest BCUT2D eigenvalue weighted by Crippen LogP contribution is 2.42. The molecular formula is C22H30N4O2. The van der Waals surface area contributed by atoms with Crippen LogP contribution in [0.15, 0.2) is 10.6 Å². The molecule has 1 saturated heterocycles. The Morgan fingerprint density at radius 3 is 2.71 bits per heavy atom. The van der Waals surface area contributed by atoms with Gasteiger partial charge in [-0.3, -0.25) is 4.79 Å². The van der Waals surface area contributed by atoms with Gasteiger partial charge in [0.2, 0.25) is 0 Å². The van der Waals surface area contributed by atoms with Gasteiger partial charge in [-0.25, -0.2) is 4.98 Å². The second-order valence-electron chi connectivity index (χ2n) is 10.3. The van der Waals surface area contributed by atoms with Crippen molar-refractivity contribution in [3.05, 3.63) is 23.0 Å². The molecule has 2 aromatic heterocycles. The Balaban J connectivity index is 1.54. The molecule has 2 saturated carbocycles. The van der Waals surface area contributed by atoms with E-state index in [9.17, 15) is 4.79 Å². The maximum Gasteiger partial charge on any atom is 0.259 e. The highest BCUT2D eigenvalue weighted by atomic mass is 16.5. The molecule has 150 valence electrons. The Hall–Kier alpha value is -1.95. The Labute approximate surface area is 165 Å². The fourth-order valence-electron chi connectivity index (χ4n) is 5.05. The van der Waals surface area contributed by atoms with Crippen LogP contribution in [0.4, 0.5) is 0 Å².